The minimum absolute atomic E-state index is 0.0179. The van der Waals surface area contributed by atoms with Crippen LogP contribution in [0.5, 0.6) is 5.75 Å². The maximum absolute atomic E-state index is 12.5. The highest BCUT2D eigenvalue weighted by Crippen LogP contribution is 2.24. The van der Waals surface area contributed by atoms with Crippen LogP contribution in [-0.2, 0) is 11.3 Å². The predicted molar refractivity (Wildman–Crippen MR) is 119 cm³/mol. The number of carbonyl (C=O) groups is 1. The van der Waals surface area contributed by atoms with Gasteiger partial charge in [-0.25, -0.2) is 0 Å². The second kappa shape index (κ2) is 10.0. The third-order valence-electron chi connectivity index (χ3n) is 5.38. The molecule has 1 unspecified atom stereocenters. The Morgan fingerprint density at radius 3 is 2.71 bits per heavy atom. The van der Waals surface area contributed by atoms with E-state index in [9.17, 15) is 4.79 Å². The van der Waals surface area contributed by atoms with E-state index in [1.165, 1.54) is 0 Å². The Morgan fingerprint density at radius 1 is 1.19 bits per heavy atom. The van der Waals surface area contributed by atoms with E-state index < -0.39 is 0 Å². The van der Waals surface area contributed by atoms with Gasteiger partial charge in [0.25, 0.3) is 0 Å². The first-order valence-electron chi connectivity index (χ1n) is 10.4. The number of nitrogens with zero attached hydrogens (tertiary/aromatic N) is 4. The molecule has 8 nitrogen and oxygen atoms in total. The second-order valence-corrected chi connectivity index (χ2v) is 8.52. The molecular weight excluding hydrogens is 414 g/mol. The summed E-state index contributed by atoms with van der Waals surface area (Å²) in [7, 11) is 1.64. The van der Waals surface area contributed by atoms with Crippen molar-refractivity contribution in [3.63, 3.8) is 0 Å². The van der Waals surface area contributed by atoms with Gasteiger partial charge in [-0.1, -0.05) is 29.4 Å². The summed E-state index contributed by atoms with van der Waals surface area (Å²) in [4.78, 5) is 22.5. The molecule has 2 aromatic heterocycles. The smallest absolute Gasteiger partial charge is 0.241 e. The molecule has 1 N–H and O–H groups in total. The van der Waals surface area contributed by atoms with Gasteiger partial charge in [0, 0.05) is 31.7 Å². The molecule has 1 aliphatic heterocycles. The van der Waals surface area contributed by atoms with E-state index in [-0.39, 0.29) is 11.9 Å². The lowest BCUT2D eigenvalue weighted by molar-refractivity contribution is -0.123. The van der Waals surface area contributed by atoms with Crippen LogP contribution in [0.3, 0.4) is 0 Å². The van der Waals surface area contributed by atoms with Crippen molar-refractivity contribution < 1.29 is 14.1 Å². The van der Waals surface area contributed by atoms with Crippen molar-refractivity contribution in [2.45, 2.75) is 19.5 Å². The Kier molecular flexibility index (Phi) is 6.96. The lowest BCUT2D eigenvalue weighted by Gasteiger charge is -2.33. The number of piperazine rings is 1. The first-order valence-corrected chi connectivity index (χ1v) is 11.2. The van der Waals surface area contributed by atoms with Crippen LogP contribution in [0.4, 0.5) is 0 Å². The van der Waals surface area contributed by atoms with E-state index in [1.807, 2.05) is 48.7 Å². The van der Waals surface area contributed by atoms with E-state index in [0.29, 0.717) is 24.8 Å². The lowest BCUT2D eigenvalue weighted by atomic mass is 10.1. The van der Waals surface area contributed by atoms with Gasteiger partial charge in [-0.05, 0) is 24.4 Å². The number of hydrogen-bond acceptors (Lipinski definition) is 8. The van der Waals surface area contributed by atoms with Crippen LogP contribution in [-0.4, -0.2) is 65.7 Å². The van der Waals surface area contributed by atoms with Gasteiger partial charge in [0.1, 0.15) is 5.75 Å². The third kappa shape index (κ3) is 5.49. The zero-order valence-corrected chi connectivity index (χ0v) is 18.6. The van der Waals surface area contributed by atoms with Crippen molar-refractivity contribution in [2.75, 3.05) is 39.8 Å². The highest BCUT2D eigenvalue weighted by Gasteiger charge is 2.22. The predicted octanol–water partition coefficient (Wildman–Crippen LogP) is 2.80. The van der Waals surface area contributed by atoms with Crippen LogP contribution in [0.1, 0.15) is 24.4 Å². The number of amides is 1. The van der Waals surface area contributed by atoms with Crippen molar-refractivity contribution in [1.29, 1.82) is 0 Å². The summed E-state index contributed by atoms with van der Waals surface area (Å²) in [5.74, 6) is 2.07. The molecule has 0 bridgehead atoms. The standard InChI is InChI=1S/C22H27N5O3S/c1-16(17-6-3-4-7-18(17)29-2)23-20(28)14-26-9-11-27(12-10-26)15-21-24-22(25-30-21)19-8-5-13-31-19/h3-8,13,16H,9-12,14-15H2,1-2H3,(H,23,28). The fraction of sp³-hybridized carbons (Fsp3) is 0.409. The van der Waals surface area contributed by atoms with Crippen molar-refractivity contribution in [3.05, 3.63) is 53.2 Å². The van der Waals surface area contributed by atoms with Crippen LogP contribution in [0.15, 0.2) is 46.3 Å². The molecule has 0 aliphatic carbocycles. The first kappa shape index (κ1) is 21.5. The second-order valence-electron chi connectivity index (χ2n) is 7.57. The van der Waals surface area contributed by atoms with Gasteiger partial charge in [0.05, 0.1) is 31.1 Å². The minimum Gasteiger partial charge on any atom is -0.496 e. The monoisotopic (exact) mass is 441 g/mol. The number of benzene rings is 1. The zero-order chi connectivity index (χ0) is 21.6. The summed E-state index contributed by atoms with van der Waals surface area (Å²) in [6, 6.07) is 11.6. The normalized spacial score (nSPS) is 16.2. The average Bonchev–Trinajstić information content (AvgIpc) is 3.47. The number of para-hydroxylation sites is 1. The Bertz CT molecular complexity index is 983. The van der Waals surface area contributed by atoms with E-state index in [4.69, 9.17) is 9.26 Å². The zero-order valence-electron chi connectivity index (χ0n) is 17.8. The van der Waals surface area contributed by atoms with Crippen molar-refractivity contribution >= 4 is 17.2 Å². The van der Waals surface area contributed by atoms with E-state index >= 15 is 0 Å². The molecule has 31 heavy (non-hydrogen) atoms. The van der Waals surface area contributed by atoms with Crippen molar-refractivity contribution in [3.8, 4) is 16.5 Å². The van der Waals surface area contributed by atoms with Gasteiger partial charge < -0.3 is 14.6 Å². The van der Waals surface area contributed by atoms with E-state index in [2.05, 4.69) is 25.3 Å². The molecule has 0 radical (unpaired) electrons. The number of aromatic nitrogens is 2. The summed E-state index contributed by atoms with van der Waals surface area (Å²) in [5, 5.41) is 9.15. The average molecular weight is 442 g/mol. The molecule has 3 aromatic rings. The minimum atomic E-state index is -0.111. The Hall–Kier alpha value is -2.75. The highest BCUT2D eigenvalue weighted by atomic mass is 32.1. The molecular formula is C22H27N5O3S. The molecule has 9 heteroatoms. The first-order chi connectivity index (χ1) is 15.1. The summed E-state index contributed by atoms with van der Waals surface area (Å²) < 4.78 is 10.8. The Morgan fingerprint density at radius 2 is 1.97 bits per heavy atom. The largest absolute Gasteiger partial charge is 0.496 e. The summed E-state index contributed by atoms with van der Waals surface area (Å²) in [5.41, 5.74) is 0.977. The van der Waals surface area contributed by atoms with Crippen LogP contribution in [0, 0.1) is 0 Å². The molecule has 1 amide bonds. The lowest BCUT2D eigenvalue weighted by Crippen LogP contribution is -2.49. The highest BCUT2D eigenvalue weighted by molar-refractivity contribution is 7.13. The van der Waals surface area contributed by atoms with E-state index in [1.54, 1.807) is 18.4 Å². The molecule has 3 heterocycles. The van der Waals surface area contributed by atoms with Crippen LogP contribution >= 0.6 is 11.3 Å². The number of carbonyl (C=O) groups excluding carboxylic acids is 1. The quantitative estimate of drug-likeness (QED) is 0.575. The topological polar surface area (TPSA) is 83.7 Å². The summed E-state index contributed by atoms with van der Waals surface area (Å²) in [6.45, 7) is 6.34. The van der Waals surface area contributed by atoms with Gasteiger partial charge in [0.15, 0.2) is 0 Å². The van der Waals surface area contributed by atoms with Gasteiger partial charge in [-0.15, -0.1) is 11.3 Å². The molecule has 0 saturated carbocycles. The number of ether oxygens (including phenoxy) is 1. The molecule has 1 fully saturated rings. The molecule has 1 atom stereocenters. The third-order valence-corrected chi connectivity index (χ3v) is 6.25. The number of rotatable bonds is 8. The molecule has 0 spiro atoms. The van der Waals surface area contributed by atoms with E-state index in [0.717, 1.165) is 42.4 Å². The van der Waals surface area contributed by atoms with Gasteiger partial charge in [0.2, 0.25) is 17.6 Å². The Balaban J connectivity index is 1.22. The number of thiophene rings is 1. The van der Waals surface area contributed by atoms with Gasteiger partial charge in [-0.3, -0.25) is 14.6 Å². The van der Waals surface area contributed by atoms with Crippen LogP contribution < -0.4 is 10.1 Å². The van der Waals surface area contributed by atoms with Gasteiger partial charge in [-0.2, -0.15) is 4.98 Å². The summed E-state index contributed by atoms with van der Waals surface area (Å²) in [6.07, 6.45) is 0. The Labute approximate surface area is 185 Å². The number of hydrogen-bond donors (Lipinski definition) is 1. The van der Waals surface area contributed by atoms with Gasteiger partial charge >= 0.3 is 0 Å². The maximum atomic E-state index is 12.5. The fourth-order valence-electron chi connectivity index (χ4n) is 3.71. The fourth-order valence-corrected chi connectivity index (χ4v) is 4.36. The summed E-state index contributed by atoms with van der Waals surface area (Å²) >= 11 is 1.60. The van der Waals surface area contributed by atoms with Crippen molar-refractivity contribution in [1.82, 2.24) is 25.3 Å². The number of methoxy groups -OCH3 is 1. The maximum Gasteiger partial charge on any atom is 0.241 e. The molecule has 4 rings (SSSR count). The molecule has 1 aliphatic rings. The molecule has 1 aromatic carbocycles. The molecule has 164 valence electrons. The molecule has 1 saturated heterocycles. The van der Waals surface area contributed by atoms with Crippen LogP contribution in [0.2, 0.25) is 0 Å². The SMILES string of the molecule is COc1ccccc1C(C)NC(=O)CN1CCN(Cc2nc(-c3cccs3)no2)CC1. The van der Waals surface area contributed by atoms with Crippen LogP contribution in [0.25, 0.3) is 10.7 Å². The van der Waals surface area contributed by atoms with Crippen molar-refractivity contribution in [2.24, 2.45) is 0 Å². The number of nitrogens with one attached hydrogen (secondary N) is 1.